The maximum atomic E-state index is 11.8. The van der Waals surface area contributed by atoms with E-state index in [-0.39, 0.29) is 11.8 Å². The fourth-order valence-corrected chi connectivity index (χ4v) is 2.36. The van der Waals surface area contributed by atoms with Crippen LogP contribution in [-0.4, -0.2) is 50.5 Å². The summed E-state index contributed by atoms with van der Waals surface area (Å²) in [5.41, 5.74) is 1.41. The average molecular weight is 287 g/mol. The van der Waals surface area contributed by atoms with Crippen LogP contribution in [0.3, 0.4) is 0 Å². The first-order chi connectivity index (χ1) is 10.2. The molecule has 0 radical (unpaired) electrons. The van der Waals surface area contributed by atoms with Crippen molar-refractivity contribution in [3.05, 3.63) is 19.0 Å². The minimum atomic E-state index is -0.0174. The lowest BCUT2D eigenvalue weighted by Crippen LogP contribution is -2.54. The Balaban J connectivity index is 1.74. The number of nitrogens with zero attached hydrogens (tertiary/aromatic N) is 6. The smallest absolute Gasteiger partial charge is 0.226 e. The van der Waals surface area contributed by atoms with Crippen LogP contribution in [0.25, 0.3) is 11.2 Å². The lowest BCUT2D eigenvalue weighted by Gasteiger charge is -2.38. The van der Waals surface area contributed by atoms with Crippen LogP contribution < -0.4 is 10.2 Å². The molecule has 2 aromatic heterocycles. The second kappa shape index (κ2) is 5.47. The highest BCUT2D eigenvalue weighted by molar-refractivity contribution is 5.86. The summed E-state index contributed by atoms with van der Waals surface area (Å²) in [6, 6.07) is 0. The molecule has 1 N–H and O–H groups in total. The maximum Gasteiger partial charge on any atom is 0.226 e. The van der Waals surface area contributed by atoms with Crippen molar-refractivity contribution in [3.8, 4) is 0 Å². The Morgan fingerprint density at radius 2 is 2.33 bits per heavy atom. The number of hydrogen-bond acceptors (Lipinski definition) is 6. The third kappa shape index (κ3) is 2.32. The van der Waals surface area contributed by atoms with Crippen molar-refractivity contribution >= 4 is 22.9 Å². The molecule has 0 aliphatic carbocycles. The second-order valence-electron chi connectivity index (χ2n) is 4.91. The molecule has 0 saturated carbocycles. The number of aromatic nitrogens is 5. The van der Waals surface area contributed by atoms with E-state index in [1.807, 2.05) is 11.8 Å². The van der Waals surface area contributed by atoms with Gasteiger partial charge in [-0.3, -0.25) is 4.79 Å². The molecule has 1 amide bonds. The van der Waals surface area contributed by atoms with Gasteiger partial charge in [0.1, 0.15) is 6.33 Å². The molecule has 1 aliphatic rings. The molecule has 0 bridgehead atoms. The van der Waals surface area contributed by atoms with Crippen LogP contribution in [0.4, 0.5) is 5.82 Å². The van der Waals surface area contributed by atoms with E-state index in [1.165, 1.54) is 6.33 Å². The molecule has 3 heterocycles. The van der Waals surface area contributed by atoms with Gasteiger partial charge < -0.3 is 10.2 Å². The number of amides is 1. The summed E-state index contributed by atoms with van der Waals surface area (Å²) >= 11 is 0. The second-order valence-corrected chi connectivity index (χ2v) is 4.91. The number of nitrogens with one attached hydrogen (secondary N) is 1. The normalized spacial score (nSPS) is 15.0. The topological polar surface area (TPSA) is 88.8 Å². The van der Waals surface area contributed by atoms with E-state index in [0.29, 0.717) is 31.7 Å². The SMILES string of the molecule is C=CCNC(=O)C1CN(c2ncnc3c2nnn3CC)C1. The van der Waals surface area contributed by atoms with Gasteiger partial charge in [-0.2, -0.15) is 0 Å². The molecule has 21 heavy (non-hydrogen) atoms. The fourth-order valence-electron chi connectivity index (χ4n) is 2.36. The van der Waals surface area contributed by atoms with Crippen molar-refractivity contribution in [1.82, 2.24) is 30.3 Å². The molecule has 1 saturated heterocycles. The number of rotatable bonds is 5. The van der Waals surface area contributed by atoms with Gasteiger partial charge in [0.15, 0.2) is 17.0 Å². The molecule has 1 aliphatic heterocycles. The molecule has 0 spiro atoms. The van der Waals surface area contributed by atoms with E-state index in [4.69, 9.17) is 0 Å². The van der Waals surface area contributed by atoms with E-state index in [2.05, 4.69) is 32.2 Å². The zero-order chi connectivity index (χ0) is 14.8. The summed E-state index contributed by atoms with van der Waals surface area (Å²) in [5, 5.41) is 11.0. The molecule has 1 fully saturated rings. The first-order valence-corrected chi connectivity index (χ1v) is 6.92. The van der Waals surface area contributed by atoms with Gasteiger partial charge >= 0.3 is 0 Å². The molecule has 110 valence electrons. The minimum Gasteiger partial charge on any atom is -0.353 e. The molecular formula is C13H17N7O. The van der Waals surface area contributed by atoms with Crippen LogP contribution in [0.5, 0.6) is 0 Å². The maximum absolute atomic E-state index is 11.8. The summed E-state index contributed by atoms with van der Waals surface area (Å²) in [5.74, 6) is 0.775. The summed E-state index contributed by atoms with van der Waals surface area (Å²) in [4.78, 5) is 22.4. The highest BCUT2D eigenvalue weighted by Gasteiger charge is 2.34. The Kier molecular flexibility index (Phi) is 3.51. The summed E-state index contributed by atoms with van der Waals surface area (Å²) in [6.07, 6.45) is 3.18. The van der Waals surface area contributed by atoms with Crippen LogP contribution in [-0.2, 0) is 11.3 Å². The largest absolute Gasteiger partial charge is 0.353 e. The fraction of sp³-hybridized carbons (Fsp3) is 0.462. The summed E-state index contributed by atoms with van der Waals surface area (Å²) < 4.78 is 1.73. The Labute approximate surface area is 121 Å². The zero-order valence-corrected chi connectivity index (χ0v) is 11.9. The number of fused-ring (bicyclic) bond motifs is 1. The molecular weight excluding hydrogens is 270 g/mol. The van der Waals surface area contributed by atoms with Gasteiger partial charge in [0.25, 0.3) is 0 Å². The Bertz CT molecular complexity index is 674. The van der Waals surface area contributed by atoms with Gasteiger partial charge in [-0.05, 0) is 6.92 Å². The molecule has 0 unspecified atom stereocenters. The van der Waals surface area contributed by atoms with Crippen LogP contribution in [0.15, 0.2) is 19.0 Å². The van der Waals surface area contributed by atoms with Crippen molar-refractivity contribution in [3.63, 3.8) is 0 Å². The third-order valence-electron chi connectivity index (χ3n) is 3.55. The minimum absolute atomic E-state index is 0.0174. The molecule has 0 aromatic carbocycles. The summed E-state index contributed by atoms with van der Waals surface area (Å²) in [6.45, 7) is 8.04. The van der Waals surface area contributed by atoms with Crippen molar-refractivity contribution in [2.45, 2.75) is 13.5 Å². The van der Waals surface area contributed by atoms with Crippen molar-refractivity contribution in [2.75, 3.05) is 24.5 Å². The molecule has 3 rings (SSSR count). The standard InChI is InChI=1S/C13H17N7O/c1-3-5-14-13(21)9-6-19(7-9)11-10-12(16-8-15-11)20(4-2)18-17-10/h3,8-9H,1,4-7H2,2H3,(H,14,21). The highest BCUT2D eigenvalue weighted by atomic mass is 16.2. The molecule has 8 heteroatoms. The van der Waals surface area contributed by atoms with Gasteiger partial charge in [0.05, 0.1) is 5.92 Å². The van der Waals surface area contributed by atoms with Gasteiger partial charge in [-0.15, -0.1) is 11.7 Å². The highest BCUT2D eigenvalue weighted by Crippen LogP contribution is 2.27. The van der Waals surface area contributed by atoms with Crippen LogP contribution >= 0.6 is 0 Å². The first kappa shape index (κ1) is 13.5. The van der Waals surface area contributed by atoms with Crippen molar-refractivity contribution in [2.24, 2.45) is 5.92 Å². The monoisotopic (exact) mass is 287 g/mol. The van der Waals surface area contributed by atoms with Crippen LogP contribution in [0, 0.1) is 5.92 Å². The van der Waals surface area contributed by atoms with Crippen molar-refractivity contribution < 1.29 is 4.79 Å². The van der Waals surface area contributed by atoms with E-state index >= 15 is 0 Å². The predicted octanol–water partition coefficient (Wildman–Crippen LogP) is -0.0204. The summed E-state index contributed by atoms with van der Waals surface area (Å²) in [7, 11) is 0. The zero-order valence-electron chi connectivity index (χ0n) is 11.9. The van der Waals surface area contributed by atoms with Gasteiger partial charge in [0.2, 0.25) is 5.91 Å². The number of anilines is 1. The third-order valence-corrected chi connectivity index (χ3v) is 3.55. The number of carbonyl (C=O) groups is 1. The van der Waals surface area contributed by atoms with Crippen LogP contribution in [0.1, 0.15) is 6.92 Å². The average Bonchev–Trinajstić information content (AvgIpc) is 2.87. The quantitative estimate of drug-likeness (QED) is 0.777. The predicted molar refractivity (Wildman–Crippen MR) is 77.7 cm³/mol. The lowest BCUT2D eigenvalue weighted by atomic mass is 9.99. The van der Waals surface area contributed by atoms with Crippen molar-refractivity contribution in [1.29, 1.82) is 0 Å². The Morgan fingerprint density at radius 3 is 3.05 bits per heavy atom. The molecule has 8 nitrogen and oxygen atoms in total. The van der Waals surface area contributed by atoms with E-state index in [1.54, 1.807) is 10.8 Å². The van der Waals surface area contributed by atoms with E-state index in [0.717, 1.165) is 11.5 Å². The number of carbonyl (C=O) groups excluding carboxylic acids is 1. The lowest BCUT2D eigenvalue weighted by molar-refractivity contribution is -0.125. The molecule has 0 atom stereocenters. The van der Waals surface area contributed by atoms with E-state index in [9.17, 15) is 4.79 Å². The number of aryl methyl sites for hydroxylation is 1. The number of hydrogen-bond donors (Lipinski definition) is 1. The molecule has 2 aromatic rings. The Hall–Kier alpha value is -2.51. The first-order valence-electron chi connectivity index (χ1n) is 6.92. The Morgan fingerprint density at radius 1 is 1.52 bits per heavy atom. The van der Waals surface area contributed by atoms with Crippen LogP contribution in [0.2, 0.25) is 0 Å². The van der Waals surface area contributed by atoms with Gasteiger partial charge in [0, 0.05) is 26.2 Å². The van der Waals surface area contributed by atoms with E-state index < -0.39 is 0 Å². The van der Waals surface area contributed by atoms with Gasteiger partial charge in [-0.25, -0.2) is 14.6 Å². The van der Waals surface area contributed by atoms with Gasteiger partial charge in [-0.1, -0.05) is 11.3 Å².